The number of aliphatic hydroxyl groups is 1. The second-order valence-electron chi connectivity index (χ2n) is 4.07. The fourth-order valence-electron chi connectivity index (χ4n) is 1.69. The molecular weight excluding hydrogens is 325 g/mol. The Hall–Kier alpha value is -1.27. The van der Waals surface area contributed by atoms with Crippen LogP contribution in [0.3, 0.4) is 0 Å². The van der Waals surface area contributed by atoms with Crippen LogP contribution < -0.4 is 0 Å². The number of aliphatic hydroxyl groups excluding tert-OH is 1. The summed E-state index contributed by atoms with van der Waals surface area (Å²) in [5, 5.41) is 9.33. The van der Waals surface area contributed by atoms with Crippen molar-refractivity contribution in [3.8, 4) is 11.3 Å². The van der Waals surface area contributed by atoms with Gasteiger partial charge in [-0.15, -0.1) is 0 Å². The molecule has 0 fully saturated rings. The predicted molar refractivity (Wildman–Crippen MR) is 67.5 cm³/mol. The standard InChI is InChI=1S/C13H10BrF3O2/c1-7(18)11-4-5-12(19-11)9-3-2-8(14)6-10(9)13(15,16)17/h2-7,18H,1H3. The zero-order valence-electron chi connectivity index (χ0n) is 9.83. The van der Waals surface area contributed by atoms with Crippen LogP contribution in [-0.4, -0.2) is 5.11 Å². The van der Waals surface area contributed by atoms with Crippen molar-refractivity contribution in [3.05, 3.63) is 46.1 Å². The minimum atomic E-state index is -4.48. The molecule has 0 saturated carbocycles. The highest BCUT2D eigenvalue weighted by atomic mass is 79.9. The molecule has 1 atom stereocenters. The fourth-order valence-corrected chi connectivity index (χ4v) is 2.05. The number of furan rings is 1. The van der Waals surface area contributed by atoms with Crippen molar-refractivity contribution in [3.63, 3.8) is 0 Å². The Kier molecular flexibility index (Phi) is 3.73. The molecule has 19 heavy (non-hydrogen) atoms. The first-order chi connectivity index (χ1) is 8.79. The number of halogens is 4. The summed E-state index contributed by atoms with van der Waals surface area (Å²) in [6.07, 6.45) is -5.34. The normalized spacial score (nSPS) is 13.6. The highest BCUT2D eigenvalue weighted by Gasteiger charge is 2.34. The molecule has 0 spiro atoms. The Balaban J connectivity index is 2.55. The van der Waals surface area contributed by atoms with E-state index in [0.717, 1.165) is 6.07 Å². The molecule has 1 unspecified atom stereocenters. The molecule has 6 heteroatoms. The van der Waals surface area contributed by atoms with Gasteiger partial charge in [-0.3, -0.25) is 0 Å². The summed E-state index contributed by atoms with van der Waals surface area (Å²) in [5.41, 5.74) is -0.837. The summed E-state index contributed by atoms with van der Waals surface area (Å²) in [6.45, 7) is 1.48. The SMILES string of the molecule is CC(O)c1ccc(-c2ccc(Br)cc2C(F)(F)F)o1. The fraction of sp³-hybridized carbons (Fsp3) is 0.231. The molecule has 0 saturated heterocycles. The third kappa shape index (κ3) is 3.01. The van der Waals surface area contributed by atoms with Crippen molar-refractivity contribution in [1.82, 2.24) is 0 Å². The average Bonchev–Trinajstić information content (AvgIpc) is 2.77. The van der Waals surface area contributed by atoms with Crippen LogP contribution in [0.15, 0.2) is 39.2 Å². The maximum Gasteiger partial charge on any atom is 0.417 e. The summed E-state index contributed by atoms with van der Waals surface area (Å²) in [5.74, 6) is 0.307. The first-order valence-corrected chi connectivity index (χ1v) is 6.23. The molecule has 1 N–H and O–H groups in total. The second kappa shape index (κ2) is 5.02. The summed E-state index contributed by atoms with van der Waals surface area (Å²) in [6, 6.07) is 6.72. The Morgan fingerprint density at radius 3 is 2.42 bits per heavy atom. The van der Waals surface area contributed by atoms with Gasteiger partial charge in [-0.1, -0.05) is 15.9 Å². The van der Waals surface area contributed by atoms with Crippen LogP contribution in [0.25, 0.3) is 11.3 Å². The van der Waals surface area contributed by atoms with Gasteiger partial charge >= 0.3 is 6.18 Å². The molecule has 0 aliphatic rings. The lowest BCUT2D eigenvalue weighted by atomic mass is 10.1. The Bertz CT molecular complexity index is 588. The van der Waals surface area contributed by atoms with E-state index in [-0.39, 0.29) is 17.1 Å². The second-order valence-corrected chi connectivity index (χ2v) is 4.98. The number of hydrogen-bond donors (Lipinski definition) is 1. The first-order valence-electron chi connectivity index (χ1n) is 5.44. The van der Waals surface area contributed by atoms with Gasteiger partial charge in [-0.25, -0.2) is 0 Å². The van der Waals surface area contributed by atoms with Crippen LogP contribution in [0.2, 0.25) is 0 Å². The number of hydrogen-bond acceptors (Lipinski definition) is 2. The van der Waals surface area contributed by atoms with Crippen LogP contribution in [0.1, 0.15) is 24.4 Å². The van der Waals surface area contributed by atoms with Crippen molar-refractivity contribution in [2.24, 2.45) is 0 Å². The van der Waals surface area contributed by atoms with E-state index in [4.69, 9.17) is 4.42 Å². The molecule has 2 nitrogen and oxygen atoms in total. The van der Waals surface area contributed by atoms with E-state index in [1.807, 2.05) is 0 Å². The van der Waals surface area contributed by atoms with Gasteiger partial charge in [0.2, 0.25) is 0 Å². The predicted octanol–water partition coefficient (Wildman–Crippen LogP) is 4.78. The summed E-state index contributed by atoms with van der Waals surface area (Å²) in [7, 11) is 0. The lowest BCUT2D eigenvalue weighted by molar-refractivity contribution is -0.137. The van der Waals surface area contributed by atoms with Gasteiger partial charge in [-0.05, 0) is 37.3 Å². The Labute approximate surface area is 116 Å². The molecule has 102 valence electrons. The van der Waals surface area contributed by atoms with E-state index in [1.165, 1.54) is 31.2 Å². The van der Waals surface area contributed by atoms with Crippen LogP contribution in [0.4, 0.5) is 13.2 Å². The molecular formula is C13H10BrF3O2. The van der Waals surface area contributed by atoms with Gasteiger partial charge in [0.15, 0.2) is 0 Å². The minimum Gasteiger partial charge on any atom is -0.458 e. The van der Waals surface area contributed by atoms with Gasteiger partial charge in [0, 0.05) is 10.0 Å². The summed E-state index contributed by atoms with van der Waals surface area (Å²) < 4.78 is 44.5. The van der Waals surface area contributed by atoms with Crippen molar-refractivity contribution < 1.29 is 22.7 Å². The van der Waals surface area contributed by atoms with Crippen LogP contribution in [-0.2, 0) is 6.18 Å². The summed E-state index contributed by atoms with van der Waals surface area (Å²) in [4.78, 5) is 0. The van der Waals surface area contributed by atoms with E-state index in [1.54, 1.807) is 0 Å². The molecule has 0 bridgehead atoms. The lowest BCUT2D eigenvalue weighted by Gasteiger charge is -2.11. The monoisotopic (exact) mass is 334 g/mol. The van der Waals surface area contributed by atoms with Gasteiger partial charge in [0.1, 0.15) is 17.6 Å². The van der Waals surface area contributed by atoms with Crippen LogP contribution in [0.5, 0.6) is 0 Å². The number of alkyl halides is 3. The van der Waals surface area contributed by atoms with E-state index < -0.39 is 17.8 Å². The van der Waals surface area contributed by atoms with Gasteiger partial charge in [-0.2, -0.15) is 13.2 Å². The molecule has 0 radical (unpaired) electrons. The van der Waals surface area contributed by atoms with Gasteiger partial charge in [0.05, 0.1) is 5.56 Å². The minimum absolute atomic E-state index is 0.0531. The smallest absolute Gasteiger partial charge is 0.417 e. The zero-order chi connectivity index (χ0) is 14.2. The van der Waals surface area contributed by atoms with Crippen molar-refractivity contribution >= 4 is 15.9 Å². The molecule has 1 aromatic carbocycles. The molecule has 2 aromatic rings. The maximum atomic E-state index is 13.0. The average molecular weight is 335 g/mol. The maximum absolute atomic E-state index is 13.0. The Morgan fingerprint density at radius 2 is 1.89 bits per heavy atom. The molecule has 0 amide bonds. The van der Waals surface area contributed by atoms with Gasteiger partial charge in [0.25, 0.3) is 0 Å². The molecule has 1 heterocycles. The number of benzene rings is 1. The van der Waals surface area contributed by atoms with E-state index in [0.29, 0.717) is 4.47 Å². The third-order valence-corrected chi connectivity index (χ3v) is 3.08. The number of rotatable bonds is 2. The molecule has 0 aliphatic carbocycles. The van der Waals surface area contributed by atoms with E-state index >= 15 is 0 Å². The van der Waals surface area contributed by atoms with Crippen molar-refractivity contribution in [2.45, 2.75) is 19.2 Å². The quantitative estimate of drug-likeness (QED) is 0.857. The lowest BCUT2D eigenvalue weighted by Crippen LogP contribution is -2.07. The molecule has 0 aliphatic heterocycles. The highest BCUT2D eigenvalue weighted by molar-refractivity contribution is 9.10. The van der Waals surface area contributed by atoms with Crippen LogP contribution >= 0.6 is 15.9 Å². The summed E-state index contributed by atoms with van der Waals surface area (Å²) >= 11 is 3.02. The van der Waals surface area contributed by atoms with E-state index in [2.05, 4.69) is 15.9 Å². The third-order valence-electron chi connectivity index (χ3n) is 2.59. The molecule has 2 rings (SSSR count). The van der Waals surface area contributed by atoms with Crippen molar-refractivity contribution in [1.29, 1.82) is 0 Å². The first kappa shape index (κ1) is 14.1. The van der Waals surface area contributed by atoms with E-state index in [9.17, 15) is 18.3 Å². The largest absolute Gasteiger partial charge is 0.458 e. The Morgan fingerprint density at radius 1 is 1.21 bits per heavy atom. The van der Waals surface area contributed by atoms with Gasteiger partial charge < -0.3 is 9.52 Å². The topological polar surface area (TPSA) is 33.4 Å². The molecule has 1 aromatic heterocycles. The zero-order valence-corrected chi connectivity index (χ0v) is 11.4. The van der Waals surface area contributed by atoms with Crippen molar-refractivity contribution in [2.75, 3.05) is 0 Å². The highest BCUT2D eigenvalue weighted by Crippen LogP contribution is 2.39. The van der Waals surface area contributed by atoms with Crippen LogP contribution in [0, 0.1) is 0 Å².